The third-order valence-corrected chi connectivity index (χ3v) is 3.82. The summed E-state index contributed by atoms with van der Waals surface area (Å²) >= 11 is 0. The van der Waals surface area contributed by atoms with Gasteiger partial charge in [0.2, 0.25) is 0 Å². The molecule has 1 saturated heterocycles. The Morgan fingerprint density at radius 2 is 1.83 bits per heavy atom. The molecular weight excluding hydrogens is 224 g/mol. The second-order valence-electron chi connectivity index (χ2n) is 7.01. The molecule has 1 aliphatic heterocycles. The molecule has 1 aliphatic rings. The largest absolute Gasteiger partial charge is 0.380 e. The van der Waals surface area contributed by atoms with Crippen LogP contribution in [0.3, 0.4) is 0 Å². The van der Waals surface area contributed by atoms with Crippen molar-refractivity contribution in [2.45, 2.75) is 53.0 Å². The fourth-order valence-electron chi connectivity index (χ4n) is 2.27. The fourth-order valence-corrected chi connectivity index (χ4v) is 2.27. The van der Waals surface area contributed by atoms with Crippen LogP contribution in [0.4, 0.5) is 0 Å². The molecule has 0 aromatic carbocycles. The lowest BCUT2D eigenvalue weighted by Crippen LogP contribution is -2.47. The molecule has 1 rings (SSSR count). The first-order valence-corrected chi connectivity index (χ1v) is 7.40. The Bertz CT molecular complexity index is 229. The van der Waals surface area contributed by atoms with Gasteiger partial charge < -0.3 is 15.0 Å². The molecule has 3 heteroatoms. The summed E-state index contributed by atoms with van der Waals surface area (Å²) in [5.41, 5.74) is 0.565. The minimum Gasteiger partial charge on any atom is -0.380 e. The SMILES string of the molecule is CCC(C)(CNC(C)(C)C)CN1CCCOCC1. The molecule has 0 aromatic heterocycles. The van der Waals surface area contributed by atoms with E-state index < -0.39 is 0 Å². The Morgan fingerprint density at radius 1 is 1.11 bits per heavy atom. The lowest BCUT2D eigenvalue weighted by Gasteiger charge is -2.37. The fraction of sp³-hybridized carbons (Fsp3) is 1.00. The highest BCUT2D eigenvalue weighted by atomic mass is 16.5. The van der Waals surface area contributed by atoms with Crippen LogP contribution in [-0.4, -0.2) is 49.8 Å². The van der Waals surface area contributed by atoms with Crippen LogP contribution in [0.2, 0.25) is 0 Å². The van der Waals surface area contributed by atoms with Crippen molar-refractivity contribution in [2.24, 2.45) is 5.41 Å². The topological polar surface area (TPSA) is 24.5 Å². The summed E-state index contributed by atoms with van der Waals surface area (Å²) in [7, 11) is 0. The summed E-state index contributed by atoms with van der Waals surface area (Å²) in [6, 6.07) is 0. The Kier molecular flexibility index (Phi) is 6.09. The second kappa shape index (κ2) is 6.88. The van der Waals surface area contributed by atoms with Gasteiger partial charge in [0.1, 0.15) is 0 Å². The van der Waals surface area contributed by atoms with Gasteiger partial charge in [-0.3, -0.25) is 0 Å². The molecular formula is C15H32N2O. The van der Waals surface area contributed by atoms with Crippen molar-refractivity contribution in [1.29, 1.82) is 0 Å². The van der Waals surface area contributed by atoms with E-state index in [-0.39, 0.29) is 5.54 Å². The summed E-state index contributed by atoms with van der Waals surface area (Å²) in [6.45, 7) is 17.8. The van der Waals surface area contributed by atoms with Gasteiger partial charge in [0.15, 0.2) is 0 Å². The molecule has 1 heterocycles. The van der Waals surface area contributed by atoms with Gasteiger partial charge >= 0.3 is 0 Å². The van der Waals surface area contributed by atoms with Crippen LogP contribution in [0.1, 0.15) is 47.5 Å². The average molecular weight is 256 g/mol. The quantitative estimate of drug-likeness (QED) is 0.818. The molecule has 3 nitrogen and oxygen atoms in total. The minimum atomic E-state index is 0.207. The molecule has 1 fully saturated rings. The van der Waals surface area contributed by atoms with E-state index >= 15 is 0 Å². The Balaban J connectivity index is 2.47. The van der Waals surface area contributed by atoms with Crippen LogP contribution in [0.5, 0.6) is 0 Å². The van der Waals surface area contributed by atoms with Crippen LogP contribution in [0.15, 0.2) is 0 Å². The van der Waals surface area contributed by atoms with Crippen LogP contribution >= 0.6 is 0 Å². The number of ether oxygens (including phenoxy) is 1. The summed E-state index contributed by atoms with van der Waals surface area (Å²) in [5, 5.41) is 3.66. The van der Waals surface area contributed by atoms with Gasteiger partial charge in [0.25, 0.3) is 0 Å². The third kappa shape index (κ3) is 6.17. The maximum atomic E-state index is 5.53. The zero-order valence-corrected chi connectivity index (χ0v) is 13.0. The molecule has 0 amide bonds. The summed E-state index contributed by atoms with van der Waals surface area (Å²) in [6.07, 6.45) is 2.39. The Labute approximate surface area is 113 Å². The first-order chi connectivity index (χ1) is 8.35. The standard InChI is InChI=1S/C15H32N2O/c1-6-15(5,12-16-14(2,3)4)13-17-8-7-10-18-11-9-17/h16H,6-13H2,1-5H3. The van der Waals surface area contributed by atoms with E-state index in [1.54, 1.807) is 0 Å². The van der Waals surface area contributed by atoms with E-state index in [9.17, 15) is 0 Å². The summed E-state index contributed by atoms with van der Waals surface area (Å²) in [5.74, 6) is 0. The van der Waals surface area contributed by atoms with Crippen molar-refractivity contribution >= 4 is 0 Å². The molecule has 1 unspecified atom stereocenters. The minimum absolute atomic E-state index is 0.207. The van der Waals surface area contributed by atoms with Crippen molar-refractivity contribution in [3.63, 3.8) is 0 Å². The highest BCUT2D eigenvalue weighted by molar-refractivity contribution is 4.83. The number of rotatable bonds is 5. The van der Waals surface area contributed by atoms with Gasteiger partial charge in [-0.2, -0.15) is 0 Å². The van der Waals surface area contributed by atoms with Crippen molar-refractivity contribution in [1.82, 2.24) is 10.2 Å². The molecule has 0 aliphatic carbocycles. The summed E-state index contributed by atoms with van der Waals surface area (Å²) in [4.78, 5) is 2.57. The number of nitrogens with zero attached hydrogens (tertiary/aromatic N) is 1. The van der Waals surface area contributed by atoms with Gasteiger partial charge in [0.05, 0.1) is 6.61 Å². The van der Waals surface area contributed by atoms with Crippen molar-refractivity contribution in [3.8, 4) is 0 Å². The van der Waals surface area contributed by atoms with Gasteiger partial charge in [-0.15, -0.1) is 0 Å². The molecule has 1 atom stereocenters. The zero-order chi connectivity index (χ0) is 13.6. The monoisotopic (exact) mass is 256 g/mol. The van der Waals surface area contributed by atoms with Crippen LogP contribution in [-0.2, 0) is 4.74 Å². The van der Waals surface area contributed by atoms with Crippen LogP contribution in [0, 0.1) is 5.41 Å². The first kappa shape index (κ1) is 15.9. The average Bonchev–Trinajstić information content (AvgIpc) is 2.54. The van der Waals surface area contributed by atoms with Crippen LogP contribution in [0.25, 0.3) is 0 Å². The Hall–Kier alpha value is -0.120. The molecule has 108 valence electrons. The third-order valence-electron chi connectivity index (χ3n) is 3.82. The zero-order valence-electron chi connectivity index (χ0n) is 13.0. The van der Waals surface area contributed by atoms with E-state index in [0.717, 1.165) is 26.3 Å². The van der Waals surface area contributed by atoms with Crippen molar-refractivity contribution < 1.29 is 4.74 Å². The molecule has 1 N–H and O–H groups in total. The molecule has 0 saturated carbocycles. The number of hydrogen-bond donors (Lipinski definition) is 1. The van der Waals surface area contributed by atoms with Gasteiger partial charge in [-0.05, 0) is 39.0 Å². The molecule has 0 aromatic rings. The van der Waals surface area contributed by atoms with E-state index in [4.69, 9.17) is 4.74 Å². The highest BCUT2D eigenvalue weighted by Gasteiger charge is 2.27. The maximum absolute atomic E-state index is 5.53. The van der Waals surface area contributed by atoms with Crippen LogP contribution < -0.4 is 5.32 Å². The molecule has 0 spiro atoms. The maximum Gasteiger partial charge on any atom is 0.0593 e. The number of hydrogen-bond acceptors (Lipinski definition) is 3. The number of nitrogens with one attached hydrogen (secondary N) is 1. The predicted octanol–water partition coefficient (Wildman–Crippen LogP) is 2.51. The second-order valence-corrected chi connectivity index (χ2v) is 7.01. The van der Waals surface area contributed by atoms with Crippen molar-refractivity contribution in [2.75, 3.05) is 39.4 Å². The van der Waals surface area contributed by atoms with E-state index in [1.165, 1.54) is 25.9 Å². The normalized spacial score (nSPS) is 22.5. The van der Waals surface area contributed by atoms with Gasteiger partial charge in [-0.1, -0.05) is 13.8 Å². The van der Waals surface area contributed by atoms with Gasteiger partial charge in [-0.25, -0.2) is 0 Å². The highest BCUT2D eigenvalue weighted by Crippen LogP contribution is 2.23. The lowest BCUT2D eigenvalue weighted by molar-refractivity contribution is 0.121. The van der Waals surface area contributed by atoms with Gasteiger partial charge in [0, 0.05) is 38.3 Å². The molecule has 18 heavy (non-hydrogen) atoms. The molecule has 0 radical (unpaired) electrons. The van der Waals surface area contributed by atoms with E-state index in [1.807, 2.05) is 0 Å². The van der Waals surface area contributed by atoms with E-state index in [0.29, 0.717) is 5.41 Å². The Morgan fingerprint density at radius 3 is 2.44 bits per heavy atom. The predicted molar refractivity (Wildman–Crippen MR) is 78.0 cm³/mol. The smallest absolute Gasteiger partial charge is 0.0593 e. The van der Waals surface area contributed by atoms with Crippen molar-refractivity contribution in [3.05, 3.63) is 0 Å². The van der Waals surface area contributed by atoms with E-state index in [2.05, 4.69) is 44.8 Å². The lowest BCUT2D eigenvalue weighted by atomic mass is 9.85. The first-order valence-electron chi connectivity index (χ1n) is 7.40. The summed E-state index contributed by atoms with van der Waals surface area (Å²) < 4.78 is 5.53. The molecule has 0 bridgehead atoms.